The lowest BCUT2D eigenvalue weighted by molar-refractivity contribution is -0.210. The summed E-state index contributed by atoms with van der Waals surface area (Å²) < 4.78 is 41.4. The van der Waals surface area contributed by atoms with Crippen molar-refractivity contribution in [3.63, 3.8) is 0 Å². The molecule has 1 aromatic rings. The van der Waals surface area contributed by atoms with Gasteiger partial charge in [0.1, 0.15) is 12.4 Å². The van der Waals surface area contributed by atoms with Crippen molar-refractivity contribution in [2.24, 2.45) is 5.16 Å². The van der Waals surface area contributed by atoms with Gasteiger partial charge >= 0.3 is 6.18 Å². The van der Waals surface area contributed by atoms with Gasteiger partial charge in [0, 0.05) is 5.56 Å². The summed E-state index contributed by atoms with van der Waals surface area (Å²) in [6, 6.07) is 4.81. The van der Waals surface area contributed by atoms with Gasteiger partial charge in [-0.1, -0.05) is 11.2 Å². The van der Waals surface area contributed by atoms with Gasteiger partial charge in [0.15, 0.2) is 6.10 Å². The molecule has 1 aliphatic rings. The number of hydrogen-bond donors (Lipinski definition) is 2. The first-order chi connectivity index (χ1) is 9.41. The van der Waals surface area contributed by atoms with E-state index in [0.29, 0.717) is 17.7 Å². The maximum absolute atomic E-state index is 12.2. The fourth-order valence-electron chi connectivity index (χ4n) is 2.09. The minimum Gasteiger partial charge on any atom is -0.491 e. The van der Waals surface area contributed by atoms with Crippen LogP contribution in [0.2, 0.25) is 0 Å². The van der Waals surface area contributed by atoms with Gasteiger partial charge in [-0.15, -0.1) is 0 Å². The Labute approximate surface area is 113 Å². The molecule has 1 aliphatic carbocycles. The highest BCUT2D eigenvalue weighted by molar-refractivity contribution is 6.02. The summed E-state index contributed by atoms with van der Waals surface area (Å²) in [5.74, 6) is 0.204. The van der Waals surface area contributed by atoms with Gasteiger partial charge in [-0.2, -0.15) is 13.2 Å². The number of halogens is 3. The average molecular weight is 289 g/mol. The summed E-state index contributed by atoms with van der Waals surface area (Å²) in [5, 5.41) is 21.0. The number of aliphatic hydroxyl groups excluding tert-OH is 1. The number of aliphatic hydroxyl groups is 1. The molecule has 0 saturated carbocycles. The molecule has 110 valence electrons. The van der Waals surface area contributed by atoms with Crippen molar-refractivity contribution in [3.8, 4) is 5.75 Å². The predicted molar refractivity (Wildman–Crippen MR) is 65.3 cm³/mol. The Morgan fingerprint density at radius 2 is 2.05 bits per heavy atom. The minimum atomic E-state index is -4.70. The second kappa shape index (κ2) is 5.70. The minimum absolute atomic E-state index is 0.204. The van der Waals surface area contributed by atoms with Crippen LogP contribution >= 0.6 is 0 Å². The van der Waals surface area contributed by atoms with E-state index in [0.717, 1.165) is 18.4 Å². The maximum atomic E-state index is 12.2. The molecule has 4 nitrogen and oxygen atoms in total. The van der Waals surface area contributed by atoms with Crippen LogP contribution in [0.3, 0.4) is 0 Å². The van der Waals surface area contributed by atoms with Crippen LogP contribution in [0.15, 0.2) is 23.4 Å². The van der Waals surface area contributed by atoms with Crippen molar-refractivity contribution < 1.29 is 28.2 Å². The molecular weight excluding hydrogens is 275 g/mol. The Morgan fingerprint density at radius 1 is 1.30 bits per heavy atom. The molecule has 0 radical (unpaired) electrons. The van der Waals surface area contributed by atoms with Crippen molar-refractivity contribution >= 4 is 5.71 Å². The molecule has 0 amide bonds. The molecule has 1 atom stereocenters. The van der Waals surface area contributed by atoms with Crippen molar-refractivity contribution in [1.29, 1.82) is 0 Å². The van der Waals surface area contributed by atoms with Crippen LogP contribution in [-0.2, 0) is 6.42 Å². The highest BCUT2D eigenvalue weighted by Gasteiger charge is 2.38. The molecule has 0 aromatic heterocycles. The fourth-order valence-corrected chi connectivity index (χ4v) is 2.09. The van der Waals surface area contributed by atoms with E-state index in [1.807, 2.05) is 0 Å². The Bertz CT molecular complexity index is 514. The second-order valence-corrected chi connectivity index (χ2v) is 4.59. The van der Waals surface area contributed by atoms with E-state index in [1.54, 1.807) is 12.1 Å². The summed E-state index contributed by atoms with van der Waals surface area (Å²) in [6.45, 7) is -0.867. The van der Waals surface area contributed by atoms with E-state index in [9.17, 15) is 13.2 Å². The Kier molecular flexibility index (Phi) is 4.17. The van der Waals surface area contributed by atoms with Crippen LogP contribution in [0, 0.1) is 0 Å². The van der Waals surface area contributed by atoms with E-state index in [-0.39, 0.29) is 5.75 Å². The van der Waals surface area contributed by atoms with Gasteiger partial charge < -0.3 is 15.1 Å². The molecule has 0 bridgehead atoms. The van der Waals surface area contributed by atoms with Crippen LogP contribution in [0.25, 0.3) is 0 Å². The van der Waals surface area contributed by atoms with Gasteiger partial charge in [0.2, 0.25) is 0 Å². The number of aryl methyl sites for hydroxylation is 1. The summed E-state index contributed by atoms with van der Waals surface area (Å²) >= 11 is 0. The third kappa shape index (κ3) is 3.22. The number of benzene rings is 1. The first-order valence-electron chi connectivity index (χ1n) is 6.13. The Balaban J connectivity index is 2.11. The molecular formula is C13H14F3NO3. The molecule has 2 rings (SSSR count). The molecule has 1 unspecified atom stereocenters. The standard InChI is InChI=1S/C13H14F3NO3/c14-13(15,16)12(18)7-20-9-5-4-8-2-1-3-11(17-19)10(8)6-9/h4-6,12,18-19H,1-3,7H2/b17-11-. The number of alkyl halides is 3. The van der Waals surface area contributed by atoms with E-state index in [4.69, 9.17) is 15.1 Å². The van der Waals surface area contributed by atoms with Crippen LogP contribution in [-0.4, -0.2) is 34.9 Å². The molecule has 7 heteroatoms. The first kappa shape index (κ1) is 14.6. The van der Waals surface area contributed by atoms with Gasteiger partial charge in [-0.25, -0.2) is 0 Å². The fraction of sp³-hybridized carbons (Fsp3) is 0.462. The van der Waals surface area contributed by atoms with Gasteiger partial charge in [-0.05, 0) is 37.0 Å². The zero-order valence-electron chi connectivity index (χ0n) is 10.5. The van der Waals surface area contributed by atoms with Gasteiger partial charge in [0.25, 0.3) is 0 Å². The highest BCUT2D eigenvalue weighted by atomic mass is 19.4. The largest absolute Gasteiger partial charge is 0.491 e. The van der Waals surface area contributed by atoms with Crippen molar-refractivity contribution in [2.75, 3.05) is 6.61 Å². The van der Waals surface area contributed by atoms with Crippen molar-refractivity contribution in [2.45, 2.75) is 31.5 Å². The van der Waals surface area contributed by atoms with Gasteiger partial charge in [-0.3, -0.25) is 0 Å². The van der Waals surface area contributed by atoms with Crippen LogP contribution in [0.1, 0.15) is 24.0 Å². The second-order valence-electron chi connectivity index (χ2n) is 4.59. The zero-order valence-corrected chi connectivity index (χ0v) is 10.5. The lowest BCUT2D eigenvalue weighted by atomic mass is 9.90. The number of oxime groups is 1. The SMILES string of the molecule is O/N=C1/CCCc2ccc(OCC(O)C(F)(F)F)cc21. The normalized spacial score (nSPS) is 18.7. The summed E-state index contributed by atoms with van der Waals surface area (Å²) in [7, 11) is 0. The Hall–Kier alpha value is -1.76. The third-order valence-electron chi connectivity index (χ3n) is 3.16. The summed E-state index contributed by atoms with van der Waals surface area (Å²) in [6.07, 6.45) is -4.94. The monoisotopic (exact) mass is 289 g/mol. The van der Waals surface area contributed by atoms with Crippen LogP contribution in [0.5, 0.6) is 5.75 Å². The quantitative estimate of drug-likeness (QED) is 0.664. The average Bonchev–Trinajstić information content (AvgIpc) is 2.42. The number of ether oxygens (including phenoxy) is 1. The van der Waals surface area contributed by atoms with E-state index in [1.165, 1.54) is 6.07 Å². The lowest BCUT2D eigenvalue weighted by Crippen LogP contribution is -2.34. The number of rotatable bonds is 3. The van der Waals surface area contributed by atoms with Crippen molar-refractivity contribution in [1.82, 2.24) is 0 Å². The van der Waals surface area contributed by atoms with Crippen molar-refractivity contribution in [3.05, 3.63) is 29.3 Å². The van der Waals surface area contributed by atoms with E-state index >= 15 is 0 Å². The topological polar surface area (TPSA) is 62.1 Å². The first-order valence-corrected chi connectivity index (χ1v) is 6.13. The van der Waals surface area contributed by atoms with Crippen LogP contribution in [0.4, 0.5) is 13.2 Å². The van der Waals surface area contributed by atoms with Crippen LogP contribution < -0.4 is 4.74 Å². The number of hydrogen-bond acceptors (Lipinski definition) is 4. The van der Waals surface area contributed by atoms with Gasteiger partial charge in [0.05, 0.1) is 5.71 Å². The van der Waals surface area contributed by atoms with E-state index < -0.39 is 18.9 Å². The molecule has 0 heterocycles. The molecule has 0 spiro atoms. The Morgan fingerprint density at radius 3 is 2.70 bits per heavy atom. The third-order valence-corrected chi connectivity index (χ3v) is 3.16. The maximum Gasteiger partial charge on any atom is 0.417 e. The summed E-state index contributed by atoms with van der Waals surface area (Å²) in [4.78, 5) is 0. The molecule has 1 aromatic carbocycles. The predicted octanol–water partition coefficient (Wildman–Crippen LogP) is 2.50. The lowest BCUT2D eigenvalue weighted by Gasteiger charge is -2.19. The molecule has 0 saturated heterocycles. The summed E-state index contributed by atoms with van der Waals surface area (Å²) in [5.41, 5.74) is 2.14. The number of fused-ring (bicyclic) bond motifs is 1. The number of nitrogens with zero attached hydrogens (tertiary/aromatic N) is 1. The zero-order chi connectivity index (χ0) is 14.8. The smallest absolute Gasteiger partial charge is 0.417 e. The molecule has 0 fully saturated rings. The molecule has 2 N–H and O–H groups in total. The molecule has 0 aliphatic heterocycles. The molecule has 20 heavy (non-hydrogen) atoms. The van der Waals surface area contributed by atoms with E-state index in [2.05, 4.69) is 5.16 Å². The highest BCUT2D eigenvalue weighted by Crippen LogP contribution is 2.27.